The van der Waals surface area contributed by atoms with Gasteiger partial charge in [-0.05, 0) is 55.0 Å². The van der Waals surface area contributed by atoms with Gasteiger partial charge in [0, 0.05) is 23.5 Å². The maximum atomic E-state index is 15.8. The Morgan fingerprint density at radius 3 is 2.55 bits per heavy atom. The van der Waals surface area contributed by atoms with E-state index in [-0.39, 0.29) is 23.6 Å². The van der Waals surface area contributed by atoms with Gasteiger partial charge >= 0.3 is 0 Å². The summed E-state index contributed by atoms with van der Waals surface area (Å²) in [6.07, 6.45) is 4.16. The van der Waals surface area contributed by atoms with Crippen LogP contribution in [0.2, 0.25) is 10.0 Å². The van der Waals surface area contributed by atoms with Crippen LogP contribution in [0.5, 0.6) is 0 Å². The molecule has 1 aliphatic heterocycles. The van der Waals surface area contributed by atoms with Gasteiger partial charge in [0.2, 0.25) is 5.91 Å². The molecule has 4 N–H and O–H groups in total. The van der Waals surface area contributed by atoms with Crippen LogP contribution < -0.4 is 10.6 Å². The Labute approximate surface area is 233 Å². The van der Waals surface area contributed by atoms with E-state index in [0.717, 1.165) is 25.7 Å². The van der Waals surface area contributed by atoms with Gasteiger partial charge in [-0.1, -0.05) is 73.2 Å². The fraction of sp³-hybridized carbons (Fsp3) is 0.517. The van der Waals surface area contributed by atoms with Gasteiger partial charge in [-0.3, -0.25) is 10.1 Å². The van der Waals surface area contributed by atoms with Gasteiger partial charge in [-0.15, -0.1) is 0 Å². The highest BCUT2D eigenvalue weighted by Gasteiger charge is 2.65. The molecule has 0 unspecified atom stereocenters. The van der Waals surface area contributed by atoms with E-state index in [2.05, 4.69) is 16.7 Å². The number of aliphatic hydroxyl groups is 2. The van der Waals surface area contributed by atoms with E-state index in [0.29, 0.717) is 22.9 Å². The third-order valence-corrected chi connectivity index (χ3v) is 8.89. The molecule has 1 amide bonds. The molecule has 6 nitrogen and oxygen atoms in total. The molecule has 1 saturated heterocycles. The second-order valence-electron chi connectivity index (χ2n) is 10.7. The molecule has 0 aromatic heterocycles. The van der Waals surface area contributed by atoms with Crippen molar-refractivity contribution in [1.82, 2.24) is 10.6 Å². The van der Waals surface area contributed by atoms with Crippen LogP contribution in [0.4, 0.5) is 4.39 Å². The molecule has 4 rings (SSSR count). The molecule has 2 aromatic rings. The van der Waals surface area contributed by atoms with E-state index in [1.165, 1.54) is 6.07 Å². The second-order valence-corrected chi connectivity index (χ2v) is 11.6. The summed E-state index contributed by atoms with van der Waals surface area (Å²) < 4.78 is 15.8. The second kappa shape index (κ2) is 11.9. The number of nitriles is 1. The lowest BCUT2D eigenvalue weighted by Gasteiger charge is -2.38. The molecular formula is C29H34Cl2FN3O3. The summed E-state index contributed by atoms with van der Waals surface area (Å²) >= 11 is 12.4. The predicted octanol–water partition coefficient (Wildman–Crippen LogP) is 4.85. The molecule has 1 heterocycles. The van der Waals surface area contributed by atoms with Gasteiger partial charge < -0.3 is 15.5 Å². The molecular weight excluding hydrogens is 528 g/mol. The van der Waals surface area contributed by atoms with E-state index in [1.54, 1.807) is 43.3 Å². The molecule has 9 heteroatoms. The molecule has 0 bridgehead atoms. The van der Waals surface area contributed by atoms with Crippen molar-refractivity contribution in [2.45, 2.75) is 74.5 Å². The van der Waals surface area contributed by atoms with Crippen LogP contribution in [0.15, 0.2) is 42.5 Å². The first kappa shape index (κ1) is 28.8. The highest BCUT2D eigenvalue weighted by molar-refractivity contribution is 6.31. The lowest BCUT2D eigenvalue weighted by Crippen LogP contribution is -2.56. The van der Waals surface area contributed by atoms with E-state index < -0.39 is 47.3 Å². The molecule has 1 aliphatic carbocycles. The first-order valence-electron chi connectivity index (χ1n) is 13.1. The smallest absolute Gasteiger partial charge is 0.240 e. The number of hydrogen-bond donors (Lipinski definition) is 4. The summed E-state index contributed by atoms with van der Waals surface area (Å²) in [6, 6.07) is 13.8. The van der Waals surface area contributed by atoms with E-state index in [4.69, 9.17) is 28.3 Å². The van der Waals surface area contributed by atoms with Crippen molar-refractivity contribution >= 4 is 29.1 Å². The third kappa shape index (κ3) is 5.30. The van der Waals surface area contributed by atoms with Crippen molar-refractivity contribution < 1.29 is 19.4 Å². The number of carbonyl (C=O) groups excluding carboxylic acids is 1. The van der Waals surface area contributed by atoms with Gasteiger partial charge in [-0.25, -0.2) is 4.39 Å². The maximum absolute atomic E-state index is 15.8. The minimum atomic E-state index is -1.39. The summed E-state index contributed by atoms with van der Waals surface area (Å²) in [5.74, 6) is -1.64. The molecule has 0 spiro atoms. The van der Waals surface area contributed by atoms with Gasteiger partial charge in [0.1, 0.15) is 16.8 Å². The highest BCUT2D eigenvalue weighted by Crippen LogP contribution is 2.55. The molecule has 204 valence electrons. The number of nitrogens with one attached hydrogen (secondary N) is 2. The van der Waals surface area contributed by atoms with Crippen molar-refractivity contribution in [3.05, 3.63) is 69.5 Å². The highest BCUT2D eigenvalue weighted by atomic mass is 35.5. The summed E-state index contributed by atoms with van der Waals surface area (Å²) in [4.78, 5) is 13.9. The average Bonchev–Trinajstić information content (AvgIpc) is 3.51. The summed E-state index contributed by atoms with van der Waals surface area (Å²) in [5, 5.41) is 36.7. The van der Waals surface area contributed by atoms with Crippen LogP contribution in [0.25, 0.3) is 0 Å². The summed E-state index contributed by atoms with van der Waals surface area (Å²) in [7, 11) is 0. The number of amides is 1. The van der Waals surface area contributed by atoms with E-state index >= 15 is 4.39 Å². The van der Waals surface area contributed by atoms with Crippen LogP contribution in [-0.2, 0) is 10.2 Å². The lowest BCUT2D eigenvalue weighted by molar-refractivity contribution is -0.127. The normalized spacial score (nSPS) is 28.2. The van der Waals surface area contributed by atoms with Crippen molar-refractivity contribution in [2.75, 3.05) is 13.2 Å². The minimum absolute atomic E-state index is 0.0847. The largest absolute Gasteiger partial charge is 0.394 e. The Morgan fingerprint density at radius 2 is 1.92 bits per heavy atom. The Balaban J connectivity index is 1.88. The Bertz CT molecular complexity index is 1180. The fourth-order valence-electron chi connectivity index (χ4n) is 6.46. The topological polar surface area (TPSA) is 105 Å². The van der Waals surface area contributed by atoms with Crippen LogP contribution in [0, 0.1) is 23.1 Å². The van der Waals surface area contributed by atoms with Crippen molar-refractivity contribution in [2.24, 2.45) is 5.92 Å². The monoisotopic (exact) mass is 561 g/mol. The maximum Gasteiger partial charge on any atom is 0.240 e. The third-order valence-electron chi connectivity index (χ3n) is 8.35. The zero-order valence-electron chi connectivity index (χ0n) is 21.4. The number of halogens is 3. The molecule has 2 fully saturated rings. The Morgan fingerprint density at radius 1 is 1.24 bits per heavy atom. The van der Waals surface area contributed by atoms with Crippen LogP contribution in [0.1, 0.15) is 62.5 Å². The molecule has 2 aromatic carbocycles. The fourth-order valence-corrected chi connectivity index (χ4v) is 6.77. The zero-order valence-corrected chi connectivity index (χ0v) is 22.9. The van der Waals surface area contributed by atoms with Gasteiger partial charge in [-0.2, -0.15) is 5.26 Å². The first-order valence-corrected chi connectivity index (χ1v) is 13.9. The van der Waals surface area contributed by atoms with Gasteiger partial charge in [0.05, 0.1) is 23.8 Å². The number of benzene rings is 2. The van der Waals surface area contributed by atoms with E-state index in [1.807, 2.05) is 0 Å². The quantitative estimate of drug-likeness (QED) is 0.350. The molecule has 2 aliphatic rings. The molecule has 0 radical (unpaired) electrons. The number of hydrogen-bond acceptors (Lipinski definition) is 5. The Hall–Kier alpha value is -2.21. The lowest BCUT2D eigenvalue weighted by atomic mass is 9.61. The number of rotatable bonds is 9. The Kier molecular flexibility index (Phi) is 9.01. The van der Waals surface area contributed by atoms with E-state index in [9.17, 15) is 15.2 Å². The van der Waals surface area contributed by atoms with Crippen LogP contribution in [0.3, 0.4) is 0 Å². The minimum Gasteiger partial charge on any atom is -0.394 e. The number of aliphatic hydroxyl groups excluding tert-OH is 2. The van der Waals surface area contributed by atoms with Crippen LogP contribution in [-0.4, -0.2) is 47.0 Å². The SMILES string of the molecule is C[C@@]1(C(=O)NCC[C@H](O)CO)N[C@@H](CC2CCCC2)[C@](C#N)(c2ccc(Cl)cc2)[C@H]1c1cccc(Cl)c1F. The summed E-state index contributed by atoms with van der Waals surface area (Å²) in [5.41, 5.74) is -1.87. The first-order chi connectivity index (χ1) is 18.2. The number of nitrogens with zero attached hydrogens (tertiary/aromatic N) is 1. The molecule has 38 heavy (non-hydrogen) atoms. The zero-order chi connectivity index (χ0) is 27.5. The van der Waals surface area contributed by atoms with Crippen molar-refractivity contribution in [3.8, 4) is 6.07 Å². The van der Waals surface area contributed by atoms with Gasteiger partial charge in [0.25, 0.3) is 0 Å². The van der Waals surface area contributed by atoms with Crippen molar-refractivity contribution in [3.63, 3.8) is 0 Å². The van der Waals surface area contributed by atoms with Crippen LogP contribution >= 0.6 is 23.2 Å². The predicted molar refractivity (Wildman–Crippen MR) is 146 cm³/mol. The standard InChI is InChI=1S/C29H34Cl2FN3O3/c1-28(27(38)34-14-13-21(37)16-36)26(22-7-4-8-23(31)25(22)32)29(17-33,19-9-11-20(30)12-10-19)24(35-28)15-18-5-2-3-6-18/h4,7-12,18,21,24,26,35-37H,2-3,5-6,13-16H2,1H3,(H,34,38)/t21-,24-,26-,28+,29-/m0/s1. The molecule has 5 atom stereocenters. The average molecular weight is 563 g/mol. The van der Waals surface area contributed by atoms with Gasteiger partial charge in [0.15, 0.2) is 0 Å². The van der Waals surface area contributed by atoms with Crippen molar-refractivity contribution in [1.29, 1.82) is 5.26 Å². The summed E-state index contributed by atoms with van der Waals surface area (Å²) in [6.45, 7) is 1.39. The number of carbonyl (C=O) groups is 1. The molecule has 1 saturated carbocycles.